The van der Waals surface area contributed by atoms with Crippen LogP contribution >= 0.6 is 0 Å². The van der Waals surface area contributed by atoms with E-state index in [0.717, 1.165) is 5.92 Å². The minimum atomic E-state index is 0.294. The van der Waals surface area contributed by atoms with Gasteiger partial charge in [-0.05, 0) is 38.8 Å². The van der Waals surface area contributed by atoms with Crippen molar-refractivity contribution in [3.63, 3.8) is 0 Å². The fourth-order valence-corrected chi connectivity index (χ4v) is 2.39. The van der Waals surface area contributed by atoms with Crippen LogP contribution in [0.25, 0.3) is 0 Å². The van der Waals surface area contributed by atoms with Crippen molar-refractivity contribution in [3.8, 4) is 0 Å². The molecule has 0 fully saturated rings. The van der Waals surface area contributed by atoms with Gasteiger partial charge in [0, 0.05) is 5.54 Å². The van der Waals surface area contributed by atoms with E-state index >= 15 is 0 Å². The number of hydrogen-bond acceptors (Lipinski definition) is 1. The highest BCUT2D eigenvalue weighted by molar-refractivity contribution is 4.97. The first kappa shape index (κ1) is 14.0. The summed E-state index contributed by atoms with van der Waals surface area (Å²) in [5.74, 6) is 0.759. The molecule has 2 atom stereocenters. The molecule has 0 aromatic carbocycles. The van der Waals surface area contributed by atoms with Crippen molar-refractivity contribution in [1.82, 2.24) is 4.90 Å². The lowest BCUT2D eigenvalue weighted by molar-refractivity contribution is -0.0103. The number of nitrogens with zero attached hydrogens (tertiary/aromatic N) is 1. The lowest BCUT2D eigenvalue weighted by atomic mass is 9.63. The summed E-state index contributed by atoms with van der Waals surface area (Å²) in [6.45, 7) is 14.2. The van der Waals surface area contributed by atoms with Crippen LogP contribution in [0, 0.1) is 11.3 Å². The van der Waals surface area contributed by atoms with Crippen molar-refractivity contribution in [2.24, 2.45) is 11.3 Å². The third-order valence-electron chi connectivity index (χ3n) is 4.91. The molecule has 2 unspecified atom stereocenters. The normalized spacial score (nSPS) is 19.5. The predicted octanol–water partition coefficient (Wildman–Crippen LogP) is 3.79. The molecule has 0 heterocycles. The molecule has 0 aromatic rings. The maximum absolute atomic E-state index is 2.41. The van der Waals surface area contributed by atoms with Crippen molar-refractivity contribution < 1.29 is 0 Å². The van der Waals surface area contributed by atoms with Gasteiger partial charge in [0.05, 0.1) is 0 Å². The van der Waals surface area contributed by atoms with Gasteiger partial charge in [-0.25, -0.2) is 0 Å². The molecule has 0 aliphatic heterocycles. The van der Waals surface area contributed by atoms with E-state index in [1.54, 1.807) is 0 Å². The molecule has 0 rings (SSSR count). The van der Waals surface area contributed by atoms with E-state index in [4.69, 9.17) is 0 Å². The van der Waals surface area contributed by atoms with Gasteiger partial charge >= 0.3 is 0 Å². The molecular weight excluding hydrogens is 170 g/mol. The van der Waals surface area contributed by atoms with Crippen molar-refractivity contribution in [2.45, 2.75) is 59.9 Å². The summed E-state index contributed by atoms with van der Waals surface area (Å²) in [6, 6.07) is 0. The van der Waals surface area contributed by atoms with Crippen LogP contribution in [0.4, 0.5) is 0 Å². The van der Waals surface area contributed by atoms with Crippen LogP contribution in [0.5, 0.6) is 0 Å². The molecule has 0 bridgehead atoms. The smallest absolute Gasteiger partial charge is 0.0226 e. The van der Waals surface area contributed by atoms with Crippen LogP contribution in [-0.4, -0.2) is 24.5 Å². The van der Waals surface area contributed by atoms with E-state index in [0.29, 0.717) is 11.0 Å². The molecule has 0 saturated carbocycles. The van der Waals surface area contributed by atoms with Crippen molar-refractivity contribution in [2.75, 3.05) is 14.1 Å². The molecule has 0 radical (unpaired) electrons. The Labute approximate surface area is 90.9 Å². The van der Waals surface area contributed by atoms with E-state index in [9.17, 15) is 0 Å². The van der Waals surface area contributed by atoms with E-state index in [-0.39, 0.29) is 0 Å². The summed E-state index contributed by atoms with van der Waals surface area (Å²) in [5, 5.41) is 0. The average Bonchev–Trinajstić information content (AvgIpc) is 2.14. The summed E-state index contributed by atoms with van der Waals surface area (Å²) in [5.41, 5.74) is 0.655. The zero-order valence-corrected chi connectivity index (χ0v) is 11.4. The quantitative estimate of drug-likeness (QED) is 0.651. The Morgan fingerprint density at radius 2 is 1.50 bits per heavy atom. The minimum Gasteiger partial charge on any atom is -0.303 e. The Kier molecular flexibility index (Phi) is 4.64. The first-order valence-corrected chi connectivity index (χ1v) is 5.91. The van der Waals surface area contributed by atoms with Gasteiger partial charge in [-0.3, -0.25) is 0 Å². The van der Waals surface area contributed by atoms with Gasteiger partial charge in [0.1, 0.15) is 0 Å². The summed E-state index contributed by atoms with van der Waals surface area (Å²) >= 11 is 0. The molecule has 0 spiro atoms. The van der Waals surface area contributed by atoms with Gasteiger partial charge in [-0.15, -0.1) is 0 Å². The van der Waals surface area contributed by atoms with Crippen LogP contribution in [0.2, 0.25) is 0 Å². The van der Waals surface area contributed by atoms with Gasteiger partial charge < -0.3 is 4.90 Å². The third kappa shape index (κ3) is 2.13. The van der Waals surface area contributed by atoms with Crippen molar-refractivity contribution in [1.29, 1.82) is 0 Å². The SMILES string of the molecule is CCC(C)C(C)(C)C(C)(CC)N(C)C. The van der Waals surface area contributed by atoms with Crippen LogP contribution < -0.4 is 0 Å². The molecule has 0 N–H and O–H groups in total. The van der Waals surface area contributed by atoms with E-state index in [2.05, 4.69) is 60.5 Å². The first-order chi connectivity index (χ1) is 6.24. The van der Waals surface area contributed by atoms with E-state index < -0.39 is 0 Å². The second kappa shape index (κ2) is 4.65. The second-order valence-corrected chi connectivity index (χ2v) is 5.55. The molecule has 14 heavy (non-hydrogen) atoms. The molecule has 1 heteroatoms. The molecular formula is C13H29N. The largest absolute Gasteiger partial charge is 0.303 e. The minimum absolute atomic E-state index is 0.294. The first-order valence-electron chi connectivity index (χ1n) is 5.91. The molecule has 0 saturated heterocycles. The maximum Gasteiger partial charge on any atom is 0.0226 e. The zero-order chi connectivity index (χ0) is 11.6. The molecule has 0 aliphatic rings. The summed E-state index contributed by atoms with van der Waals surface area (Å²) < 4.78 is 0. The number of hydrogen-bond donors (Lipinski definition) is 0. The monoisotopic (exact) mass is 199 g/mol. The fraction of sp³-hybridized carbons (Fsp3) is 1.00. The average molecular weight is 199 g/mol. The Balaban J connectivity index is 5.00. The molecule has 0 aromatic heterocycles. The Morgan fingerprint density at radius 3 is 1.71 bits per heavy atom. The summed E-state index contributed by atoms with van der Waals surface area (Å²) in [6.07, 6.45) is 2.47. The van der Waals surface area contributed by atoms with Crippen molar-refractivity contribution >= 4 is 0 Å². The Morgan fingerprint density at radius 1 is 1.07 bits per heavy atom. The predicted molar refractivity (Wildman–Crippen MR) is 65.6 cm³/mol. The second-order valence-electron chi connectivity index (χ2n) is 5.55. The lowest BCUT2D eigenvalue weighted by Crippen LogP contribution is -2.55. The highest BCUT2D eigenvalue weighted by Crippen LogP contribution is 2.44. The zero-order valence-electron chi connectivity index (χ0n) is 11.4. The topological polar surface area (TPSA) is 3.24 Å². The maximum atomic E-state index is 2.41. The fourth-order valence-electron chi connectivity index (χ4n) is 2.39. The third-order valence-corrected chi connectivity index (χ3v) is 4.91. The highest BCUT2D eigenvalue weighted by Gasteiger charge is 2.43. The van der Waals surface area contributed by atoms with Gasteiger partial charge in [-0.1, -0.05) is 41.0 Å². The van der Waals surface area contributed by atoms with E-state index in [1.165, 1.54) is 12.8 Å². The summed E-state index contributed by atoms with van der Waals surface area (Å²) in [4.78, 5) is 2.39. The van der Waals surface area contributed by atoms with Crippen LogP contribution in [0.15, 0.2) is 0 Å². The van der Waals surface area contributed by atoms with Crippen molar-refractivity contribution in [3.05, 3.63) is 0 Å². The van der Waals surface area contributed by atoms with Crippen LogP contribution in [0.1, 0.15) is 54.4 Å². The van der Waals surface area contributed by atoms with Gasteiger partial charge in [-0.2, -0.15) is 0 Å². The van der Waals surface area contributed by atoms with Crippen LogP contribution in [0.3, 0.4) is 0 Å². The standard InChI is InChI=1S/C13H29N/c1-9-11(3)12(4,5)13(6,10-2)14(7)8/h11H,9-10H2,1-8H3. The van der Waals surface area contributed by atoms with Crippen LogP contribution in [-0.2, 0) is 0 Å². The highest BCUT2D eigenvalue weighted by atomic mass is 15.2. The Bertz CT molecular complexity index is 172. The Hall–Kier alpha value is -0.0400. The molecule has 1 nitrogen and oxygen atoms in total. The molecule has 0 aliphatic carbocycles. The van der Waals surface area contributed by atoms with Gasteiger partial charge in [0.15, 0.2) is 0 Å². The van der Waals surface area contributed by atoms with E-state index in [1.807, 2.05) is 0 Å². The molecule has 86 valence electrons. The number of rotatable bonds is 5. The van der Waals surface area contributed by atoms with Gasteiger partial charge in [0.2, 0.25) is 0 Å². The summed E-state index contributed by atoms with van der Waals surface area (Å²) in [7, 11) is 4.40. The van der Waals surface area contributed by atoms with Gasteiger partial charge in [0.25, 0.3) is 0 Å². The molecule has 0 amide bonds. The lowest BCUT2D eigenvalue weighted by Gasteiger charge is -2.52.